The molecule has 0 spiro atoms. The zero-order valence-electron chi connectivity index (χ0n) is 17.4. The predicted octanol–water partition coefficient (Wildman–Crippen LogP) is 5.45. The van der Waals surface area contributed by atoms with Gasteiger partial charge in [-0.2, -0.15) is 5.26 Å². The zero-order valence-corrected chi connectivity index (χ0v) is 19.0. The van der Waals surface area contributed by atoms with Crippen LogP contribution >= 0.6 is 15.9 Å². The summed E-state index contributed by atoms with van der Waals surface area (Å²) in [6.07, 6.45) is 1.63. The van der Waals surface area contributed by atoms with Crippen LogP contribution in [0.25, 0.3) is 11.6 Å². The van der Waals surface area contributed by atoms with Crippen LogP contribution in [0.15, 0.2) is 71.2 Å². The third-order valence-electron chi connectivity index (χ3n) is 4.48. The van der Waals surface area contributed by atoms with Gasteiger partial charge in [0.2, 0.25) is 0 Å². The number of hydrogen-bond donors (Lipinski definition) is 1. The van der Waals surface area contributed by atoms with Crippen LogP contribution in [0, 0.1) is 21.4 Å². The van der Waals surface area contributed by atoms with Crippen molar-refractivity contribution in [2.45, 2.75) is 0 Å². The van der Waals surface area contributed by atoms with E-state index in [4.69, 9.17) is 9.47 Å². The van der Waals surface area contributed by atoms with Crippen LogP contribution in [-0.4, -0.2) is 24.5 Å². The lowest BCUT2D eigenvalue weighted by Crippen LogP contribution is -2.20. The van der Waals surface area contributed by atoms with Gasteiger partial charge in [0.25, 0.3) is 11.6 Å². The van der Waals surface area contributed by atoms with E-state index in [2.05, 4.69) is 27.3 Å². The molecule has 0 atom stereocenters. The van der Waals surface area contributed by atoms with Crippen LogP contribution < -0.4 is 14.8 Å². The standard InChI is InChI=1S/C24H18BrN3O5/c1-32-22-13-16(11-18(14-26)17-7-9-20(10-8-17)28(30)31)12-21(25)24(22)33-15-23(29)27-19-5-3-2-4-6-19/h2-13H,15H2,1H3,(H,27,29)/b18-11+. The van der Waals surface area contributed by atoms with Crippen molar-refractivity contribution in [3.8, 4) is 17.6 Å². The molecule has 0 aliphatic heterocycles. The molecule has 0 saturated heterocycles. The average Bonchev–Trinajstić information content (AvgIpc) is 2.82. The van der Waals surface area contributed by atoms with Gasteiger partial charge in [-0.1, -0.05) is 18.2 Å². The van der Waals surface area contributed by atoms with Gasteiger partial charge in [0.1, 0.15) is 0 Å². The van der Waals surface area contributed by atoms with Gasteiger partial charge >= 0.3 is 0 Å². The topological polar surface area (TPSA) is 114 Å². The van der Waals surface area contributed by atoms with Gasteiger partial charge in [-0.05, 0) is 69.5 Å². The van der Waals surface area contributed by atoms with Crippen molar-refractivity contribution in [1.82, 2.24) is 0 Å². The van der Waals surface area contributed by atoms with Crippen LogP contribution in [0.1, 0.15) is 11.1 Å². The maximum atomic E-state index is 12.2. The molecule has 0 unspecified atom stereocenters. The normalized spacial score (nSPS) is 10.8. The Balaban J connectivity index is 1.79. The SMILES string of the molecule is COc1cc(/C=C(\C#N)c2ccc([N+](=O)[O-])cc2)cc(Br)c1OCC(=O)Nc1ccccc1. The van der Waals surface area contributed by atoms with E-state index >= 15 is 0 Å². The summed E-state index contributed by atoms with van der Waals surface area (Å²) in [6.45, 7) is -0.231. The summed E-state index contributed by atoms with van der Waals surface area (Å²) in [4.78, 5) is 22.5. The molecule has 3 rings (SSSR count). The lowest BCUT2D eigenvalue weighted by Gasteiger charge is -2.14. The van der Waals surface area contributed by atoms with Gasteiger partial charge < -0.3 is 14.8 Å². The Labute approximate surface area is 198 Å². The highest BCUT2D eigenvalue weighted by atomic mass is 79.9. The molecule has 0 aliphatic carbocycles. The van der Waals surface area contributed by atoms with Crippen LogP contribution in [0.3, 0.4) is 0 Å². The molecule has 0 bridgehead atoms. The summed E-state index contributed by atoms with van der Waals surface area (Å²) in [6, 6.07) is 20.2. The summed E-state index contributed by atoms with van der Waals surface area (Å²) in [5.74, 6) is 0.375. The smallest absolute Gasteiger partial charge is 0.269 e. The van der Waals surface area contributed by atoms with Gasteiger partial charge in [-0.25, -0.2) is 0 Å². The molecule has 0 saturated carbocycles. The Morgan fingerprint density at radius 3 is 2.48 bits per heavy atom. The van der Waals surface area contributed by atoms with Crippen molar-refractivity contribution >= 4 is 44.9 Å². The number of carbonyl (C=O) groups excluding carboxylic acids is 1. The number of hydrogen-bond acceptors (Lipinski definition) is 6. The van der Waals surface area contributed by atoms with E-state index in [-0.39, 0.29) is 18.2 Å². The fraction of sp³-hybridized carbons (Fsp3) is 0.0833. The molecule has 9 heteroatoms. The monoisotopic (exact) mass is 507 g/mol. The molecule has 8 nitrogen and oxygen atoms in total. The maximum Gasteiger partial charge on any atom is 0.269 e. The highest BCUT2D eigenvalue weighted by Crippen LogP contribution is 2.37. The number of allylic oxidation sites excluding steroid dienone is 1. The molecule has 3 aromatic rings. The number of anilines is 1. The first-order valence-corrected chi connectivity index (χ1v) is 10.4. The van der Waals surface area contributed by atoms with Crippen molar-refractivity contribution < 1.29 is 19.2 Å². The van der Waals surface area contributed by atoms with E-state index < -0.39 is 4.92 Å². The van der Waals surface area contributed by atoms with Crippen molar-refractivity contribution in [1.29, 1.82) is 5.26 Å². The summed E-state index contributed by atoms with van der Waals surface area (Å²) < 4.78 is 11.6. The van der Waals surface area contributed by atoms with E-state index in [1.165, 1.54) is 31.4 Å². The average molecular weight is 508 g/mol. The number of nitro benzene ring substituents is 1. The Morgan fingerprint density at radius 1 is 1.18 bits per heavy atom. The fourth-order valence-corrected chi connectivity index (χ4v) is 3.50. The molecule has 0 fully saturated rings. The number of nitrogens with one attached hydrogen (secondary N) is 1. The third-order valence-corrected chi connectivity index (χ3v) is 5.07. The van der Waals surface area contributed by atoms with Crippen molar-refractivity contribution in [2.24, 2.45) is 0 Å². The van der Waals surface area contributed by atoms with Crippen molar-refractivity contribution in [3.63, 3.8) is 0 Å². The Morgan fingerprint density at radius 2 is 1.88 bits per heavy atom. The minimum absolute atomic E-state index is 0.0572. The van der Waals surface area contributed by atoms with Crippen LogP contribution in [0.2, 0.25) is 0 Å². The molecule has 0 aliphatic rings. The molecule has 1 amide bonds. The minimum atomic E-state index is -0.500. The highest BCUT2D eigenvalue weighted by molar-refractivity contribution is 9.10. The summed E-state index contributed by atoms with van der Waals surface area (Å²) in [7, 11) is 1.47. The second-order valence-electron chi connectivity index (χ2n) is 6.71. The van der Waals surface area contributed by atoms with Gasteiger partial charge in [0, 0.05) is 17.8 Å². The number of nitriles is 1. The number of para-hydroxylation sites is 1. The van der Waals surface area contributed by atoms with E-state index in [1.807, 2.05) is 18.2 Å². The van der Waals surface area contributed by atoms with E-state index in [9.17, 15) is 20.2 Å². The summed E-state index contributed by atoms with van der Waals surface area (Å²) in [5.41, 5.74) is 2.09. The number of nitrogens with zero attached hydrogens (tertiary/aromatic N) is 2. The minimum Gasteiger partial charge on any atom is -0.493 e. The lowest BCUT2D eigenvalue weighted by atomic mass is 10.0. The number of amides is 1. The lowest BCUT2D eigenvalue weighted by molar-refractivity contribution is -0.384. The Kier molecular flexibility index (Phi) is 7.78. The largest absolute Gasteiger partial charge is 0.493 e. The molecule has 0 aromatic heterocycles. The van der Waals surface area contributed by atoms with Gasteiger partial charge in [0.15, 0.2) is 18.1 Å². The quantitative estimate of drug-likeness (QED) is 0.187. The van der Waals surface area contributed by atoms with Crippen molar-refractivity contribution in [2.75, 3.05) is 19.0 Å². The molecular weight excluding hydrogens is 490 g/mol. The summed E-state index contributed by atoms with van der Waals surface area (Å²) >= 11 is 3.43. The molecular formula is C24H18BrN3O5. The van der Waals surface area contributed by atoms with E-state index in [0.717, 1.165) is 0 Å². The van der Waals surface area contributed by atoms with Gasteiger partial charge in [0.05, 0.1) is 28.1 Å². The molecule has 33 heavy (non-hydrogen) atoms. The number of carbonyl (C=O) groups is 1. The van der Waals surface area contributed by atoms with E-state index in [0.29, 0.717) is 38.4 Å². The molecule has 0 heterocycles. The first-order valence-electron chi connectivity index (χ1n) is 9.63. The molecule has 3 aromatic carbocycles. The maximum absolute atomic E-state index is 12.2. The second-order valence-corrected chi connectivity index (χ2v) is 7.57. The number of nitro groups is 1. The van der Waals surface area contributed by atoms with Crippen molar-refractivity contribution in [3.05, 3.63) is 92.4 Å². The summed E-state index contributed by atoms with van der Waals surface area (Å²) in [5, 5.41) is 23.1. The first-order chi connectivity index (χ1) is 15.9. The molecule has 0 radical (unpaired) electrons. The number of halogens is 1. The van der Waals surface area contributed by atoms with Crippen LogP contribution in [-0.2, 0) is 4.79 Å². The molecule has 1 N–H and O–H groups in total. The molecule has 166 valence electrons. The van der Waals surface area contributed by atoms with Gasteiger partial charge in [-0.3, -0.25) is 14.9 Å². The Bertz CT molecular complexity index is 1240. The number of benzene rings is 3. The third kappa shape index (κ3) is 6.18. The second kappa shape index (κ2) is 10.9. The fourth-order valence-electron chi connectivity index (χ4n) is 2.93. The first kappa shape index (κ1) is 23.5. The number of non-ortho nitro benzene ring substituents is 1. The number of rotatable bonds is 8. The predicted molar refractivity (Wildman–Crippen MR) is 128 cm³/mol. The number of methoxy groups -OCH3 is 1. The Hall–Kier alpha value is -4.16. The highest BCUT2D eigenvalue weighted by Gasteiger charge is 2.14. The zero-order chi connectivity index (χ0) is 23.8. The van der Waals surface area contributed by atoms with Gasteiger partial charge in [-0.15, -0.1) is 0 Å². The van der Waals surface area contributed by atoms with E-state index in [1.54, 1.807) is 30.3 Å². The van der Waals surface area contributed by atoms with Crippen LogP contribution in [0.5, 0.6) is 11.5 Å². The number of ether oxygens (including phenoxy) is 2. The van der Waals surface area contributed by atoms with Crippen LogP contribution in [0.4, 0.5) is 11.4 Å².